The molecule has 0 aliphatic rings. The number of benzene rings is 1. The molecule has 1 aromatic heterocycles. The van der Waals surface area contributed by atoms with Crippen molar-refractivity contribution in [3.05, 3.63) is 36.5 Å². The van der Waals surface area contributed by atoms with E-state index in [2.05, 4.69) is 23.1 Å². The zero-order chi connectivity index (χ0) is 7.68. The summed E-state index contributed by atoms with van der Waals surface area (Å²) >= 11 is 1.52. The van der Waals surface area contributed by atoms with Gasteiger partial charge >= 0.3 is 0 Å². The minimum atomic E-state index is 0.991. The average molecular weight is 161 g/mol. The van der Waals surface area contributed by atoms with Gasteiger partial charge in [-0.05, 0) is 23.7 Å². The summed E-state index contributed by atoms with van der Waals surface area (Å²) in [4.78, 5) is 0. The minimum absolute atomic E-state index is 0.991. The predicted octanol–water partition coefficient (Wildman–Crippen LogP) is 2.94. The van der Waals surface area contributed by atoms with Gasteiger partial charge in [-0.3, -0.25) is 0 Å². The van der Waals surface area contributed by atoms with Gasteiger partial charge in [0.25, 0.3) is 0 Å². The van der Waals surface area contributed by atoms with Crippen molar-refractivity contribution in [1.29, 1.82) is 0 Å². The van der Waals surface area contributed by atoms with Gasteiger partial charge in [0, 0.05) is 5.39 Å². The van der Waals surface area contributed by atoms with Crippen molar-refractivity contribution in [2.24, 2.45) is 0 Å². The van der Waals surface area contributed by atoms with E-state index in [0.29, 0.717) is 0 Å². The van der Waals surface area contributed by atoms with Crippen LogP contribution in [-0.2, 0) is 0 Å². The summed E-state index contributed by atoms with van der Waals surface area (Å²) in [5.74, 6) is 0. The Labute approximate surface area is 69.2 Å². The Balaban J connectivity index is 2.86. The molecule has 1 nitrogen and oxygen atoms in total. The first-order chi connectivity index (χ1) is 5.42. The zero-order valence-corrected chi connectivity index (χ0v) is 6.77. The monoisotopic (exact) mass is 161 g/mol. The van der Waals surface area contributed by atoms with Gasteiger partial charge in [-0.2, -0.15) is 4.37 Å². The smallest absolute Gasteiger partial charge is 0.0841 e. The molecule has 0 spiro atoms. The molecule has 0 N–H and O–H groups in total. The van der Waals surface area contributed by atoms with Gasteiger partial charge < -0.3 is 0 Å². The summed E-state index contributed by atoms with van der Waals surface area (Å²) in [6.07, 6.45) is 1.79. The highest BCUT2D eigenvalue weighted by molar-refractivity contribution is 7.13. The first-order valence-corrected chi connectivity index (χ1v) is 4.16. The number of nitrogens with zero attached hydrogens (tertiary/aromatic N) is 1. The molecule has 54 valence electrons. The molecule has 1 heterocycles. The van der Waals surface area contributed by atoms with Crippen molar-refractivity contribution in [3.8, 4) is 0 Å². The van der Waals surface area contributed by atoms with Crippen molar-refractivity contribution < 1.29 is 0 Å². The maximum absolute atomic E-state index is 4.24. The van der Waals surface area contributed by atoms with E-state index in [-0.39, 0.29) is 0 Å². The molecule has 0 aliphatic heterocycles. The van der Waals surface area contributed by atoms with Crippen molar-refractivity contribution in [1.82, 2.24) is 4.37 Å². The van der Waals surface area contributed by atoms with Crippen LogP contribution in [0.1, 0.15) is 5.69 Å². The number of fused-ring (bicyclic) bond motifs is 1. The summed E-state index contributed by atoms with van der Waals surface area (Å²) in [5, 5.41) is 1.20. The summed E-state index contributed by atoms with van der Waals surface area (Å²) in [7, 11) is 0. The molecule has 2 rings (SSSR count). The Morgan fingerprint density at radius 2 is 2.18 bits per heavy atom. The second-order valence-electron chi connectivity index (χ2n) is 2.27. The van der Waals surface area contributed by atoms with E-state index in [1.54, 1.807) is 6.08 Å². The molecule has 0 amide bonds. The highest BCUT2D eigenvalue weighted by Gasteiger charge is 1.99. The van der Waals surface area contributed by atoms with Crippen molar-refractivity contribution in [3.63, 3.8) is 0 Å². The molecule has 0 radical (unpaired) electrons. The van der Waals surface area contributed by atoms with Gasteiger partial charge in [-0.1, -0.05) is 24.8 Å². The van der Waals surface area contributed by atoms with Crippen molar-refractivity contribution >= 4 is 27.7 Å². The molecule has 2 heteroatoms. The van der Waals surface area contributed by atoms with Crippen LogP contribution in [0.4, 0.5) is 0 Å². The quantitative estimate of drug-likeness (QED) is 0.626. The Morgan fingerprint density at radius 1 is 1.36 bits per heavy atom. The molecule has 0 atom stereocenters. The highest BCUT2D eigenvalue weighted by Crippen LogP contribution is 2.22. The lowest BCUT2D eigenvalue weighted by molar-refractivity contribution is 1.55. The molecule has 11 heavy (non-hydrogen) atoms. The molecule has 0 saturated carbocycles. The lowest BCUT2D eigenvalue weighted by Crippen LogP contribution is -1.67. The van der Waals surface area contributed by atoms with E-state index in [1.807, 2.05) is 12.1 Å². The van der Waals surface area contributed by atoms with Gasteiger partial charge in [0.1, 0.15) is 0 Å². The fourth-order valence-electron chi connectivity index (χ4n) is 1.05. The van der Waals surface area contributed by atoms with Gasteiger partial charge in [-0.15, -0.1) is 0 Å². The fraction of sp³-hybridized carbons (Fsp3) is 0. The van der Waals surface area contributed by atoms with Crippen LogP contribution in [0.15, 0.2) is 30.8 Å². The average Bonchev–Trinajstić information content (AvgIpc) is 2.47. The Kier molecular flexibility index (Phi) is 1.47. The molecule has 0 saturated heterocycles. The van der Waals surface area contributed by atoms with Gasteiger partial charge in [-0.25, -0.2) is 0 Å². The van der Waals surface area contributed by atoms with Gasteiger partial charge in [0.2, 0.25) is 0 Å². The number of aromatic nitrogens is 1. The first-order valence-electron chi connectivity index (χ1n) is 3.38. The van der Waals surface area contributed by atoms with Crippen LogP contribution in [0.5, 0.6) is 0 Å². The largest absolute Gasteiger partial charge is 0.192 e. The SMILES string of the molecule is C=Cc1nsc2ccccc12. The zero-order valence-electron chi connectivity index (χ0n) is 5.95. The molecule has 1 aromatic carbocycles. The van der Waals surface area contributed by atoms with Crippen LogP contribution in [0.2, 0.25) is 0 Å². The van der Waals surface area contributed by atoms with Crippen LogP contribution in [0, 0.1) is 0 Å². The van der Waals surface area contributed by atoms with E-state index in [9.17, 15) is 0 Å². The van der Waals surface area contributed by atoms with E-state index in [1.165, 1.54) is 21.6 Å². The third kappa shape index (κ3) is 0.955. The topological polar surface area (TPSA) is 12.9 Å². The second kappa shape index (κ2) is 2.47. The Hall–Kier alpha value is -1.15. The molecular weight excluding hydrogens is 154 g/mol. The Bertz CT molecular complexity index is 389. The predicted molar refractivity (Wildman–Crippen MR) is 49.7 cm³/mol. The molecule has 2 aromatic rings. The van der Waals surface area contributed by atoms with Crippen LogP contribution in [0.25, 0.3) is 16.2 Å². The third-order valence-electron chi connectivity index (χ3n) is 1.60. The standard InChI is InChI=1S/C9H7NS/c1-2-8-7-5-3-4-6-9(7)11-10-8/h2-6H,1H2. The van der Waals surface area contributed by atoms with Gasteiger partial charge in [0.05, 0.1) is 10.4 Å². The molecule has 0 aliphatic carbocycles. The maximum atomic E-state index is 4.24. The number of hydrogen-bond donors (Lipinski definition) is 0. The molecular formula is C9H7NS. The first kappa shape index (κ1) is 6.55. The van der Waals surface area contributed by atoms with Crippen LogP contribution in [0.3, 0.4) is 0 Å². The molecule has 0 bridgehead atoms. The van der Waals surface area contributed by atoms with Crippen molar-refractivity contribution in [2.45, 2.75) is 0 Å². The van der Waals surface area contributed by atoms with Gasteiger partial charge in [0.15, 0.2) is 0 Å². The molecule has 0 fully saturated rings. The van der Waals surface area contributed by atoms with E-state index >= 15 is 0 Å². The molecule has 0 unspecified atom stereocenters. The summed E-state index contributed by atoms with van der Waals surface area (Å²) < 4.78 is 5.46. The lowest BCUT2D eigenvalue weighted by Gasteiger charge is -1.85. The van der Waals surface area contributed by atoms with E-state index in [0.717, 1.165) is 5.69 Å². The Morgan fingerprint density at radius 3 is 3.00 bits per heavy atom. The van der Waals surface area contributed by atoms with Crippen LogP contribution < -0.4 is 0 Å². The maximum Gasteiger partial charge on any atom is 0.0841 e. The number of rotatable bonds is 1. The van der Waals surface area contributed by atoms with Crippen LogP contribution in [-0.4, -0.2) is 4.37 Å². The van der Waals surface area contributed by atoms with E-state index < -0.39 is 0 Å². The highest BCUT2D eigenvalue weighted by atomic mass is 32.1. The second-order valence-corrected chi connectivity index (χ2v) is 3.07. The van der Waals surface area contributed by atoms with E-state index in [4.69, 9.17) is 0 Å². The normalized spacial score (nSPS) is 10.2. The summed E-state index contributed by atoms with van der Waals surface area (Å²) in [5.41, 5.74) is 0.991. The minimum Gasteiger partial charge on any atom is -0.192 e. The van der Waals surface area contributed by atoms with Crippen LogP contribution >= 0.6 is 11.5 Å². The number of hydrogen-bond acceptors (Lipinski definition) is 2. The third-order valence-corrected chi connectivity index (χ3v) is 2.44. The lowest BCUT2D eigenvalue weighted by atomic mass is 10.2. The summed E-state index contributed by atoms with van der Waals surface area (Å²) in [6.45, 7) is 3.70. The van der Waals surface area contributed by atoms with Crippen molar-refractivity contribution in [2.75, 3.05) is 0 Å². The fourth-order valence-corrected chi connectivity index (χ4v) is 1.83. The summed E-state index contributed by atoms with van der Waals surface area (Å²) in [6, 6.07) is 8.17.